The molecule has 0 radical (unpaired) electrons. The maximum atomic E-state index is 9.22. The zero-order chi connectivity index (χ0) is 13.7. The molecule has 2 unspecified atom stereocenters. The van der Waals surface area contributed by atoms with Crippen molar-refractivity contribution in [1.29, 1.82) is 0 Å². The van der Waals surface area contributed by atoms with E-state index in [1.807, 2.05) is 0 Å². The molecule has 5 N–H and O–H groups in total. The summed E-state index contributed by atoms with van der Waals surface area (Å²) in [5.74, 6) is 2.01. The van der Waals surface area contributed by atoms with Crippen LogP contribution in [0.25, 0.3) is 0 Å². The zero-order valence-electron chi connectivity index (χ0n) is 11.6. The lowest BCUT2D eigenvalue weighted by Gasteiger charge is -2.27. The number of nitrogens with zero attached hydrogens (tertiary/aromatic N) is 1. The Labute approximate surface area is 119 Å². The van der Waals surface area contributed by atoms with Crippen LogP contribution >= 0.6 is 11.8 Å². The fourth-order valence-electron chi connectivity index (χ4n) is 2.20. The molecule has 0 aromatic heterocycles. The van der Waals surface area contributed by atoms with E-state index in [1.165, 1.54) is 5.70 Å². The molecule has 0 aliphatic carbocycles. The third kappa shape index (κ3) is 4.12. The lowest BCUT2D eigenvalue weighted by atomic mass is 10.1. The van der Waals surface area contributed by atoms with E-state index >= 15 is 0 Å². The van der Waals surface area contributed by atoms with Crippen LogP contribution in [0.4, 0.5) is 0 Å². The summed E-state index contributed by atoms with van der Waals surface area (Å²) in [7, 11) is 0. The molecule has 0 aromatic rings. The Kier molecular flexibility index (Phi) is 5.54. The van der Waals surface area contributed by atoms with Crippen LogP contribution in [0, 0.1) is 0 Å². The zero-order valence-corrected chi connectivity index (χ0v) is 12.4. The standard InChI is InChI=1S/C13H24N4OS/c1-2-10(14)8-19-9-12-4-6-17-5-3-11(7-18)15-13(17)16-12/h9-11,18H,2-8,14H2,1H3,(H,15,16)/p+1/b12-9+. The number of aliphatic hydroxyl groups is 1. The van der Waals surface area contributed by atoms with Crippen LogP contribution < -0.4 is 16.4 Å². The van der Waals surface area contributed by atoms with Crippen molar-refractivity contribution in [2.75, 3.05) is 25.4 Å². The Balaban J connectivity index is 1.87. The van der Waals surface area contributed by atoms with E-state index in [-0.39, 0.29) is 18.7 Å². The minimum Gasteiger partial charge on any atom is -0.393 e. The molecule has 0 saturated carbocycles. The molecule has 5 nitrogen and oxygen atoms in total. The number of aliphatic hydroxyl groups excluding tert-OH is 1. The molecular formula is C13H25N4OS+. The topological polar surface area (TPSA) is 73.3 Å². The minimum atomic E-state index is 0.180. The summed E-state index contributed by atoms with van der Waals surface area (Å²) in [4.78, 5) is 0. The molecule has 2 aliphatic heterocycles. The molecule has 0 aromatic carbocycles. The first-order valence-electron chi connectivity index (χ1n) is 7.05. The molecule has 0 fully saturated rings. The van der Waals surface area contributed by atoms with Crippen molar-refractivity contribution in [2.45, 2.75) is 38.3 Å². The summed E-state index contributed by atoms with van der Waals surface area (Å²) in [5.41, 5.74) is 7.15. The van der Waals surface area contributed by atoms with Crippen molar-refractivity contribution in [2.24, 2.45) is 5.73 Å². The van der Waals surface area contributed by atoms with E-state index in [2.05, 4.69) is 27.5 Å². The normalized spacial score (nSPS) is 26.7. The van der Waals surface area contributed by atoms with E-state index in [0.717, 1.165) is 44.1 Å². The molecule has 0 saturated heterocycles. The second kappa shape index (κ2) is 7.17. The van der Waals surface area contributed by atoms with Crippen molar-refractivity contribution in [1.82, 2.24) is 10.6 Å². The van der Waals surface area contributed by atoms with Gasteiger partial charge >= 0.3 is 5.96 Å². The van der Waals surface area contributed by atoms with Crippen LogP contribution in [0.5, 0.6) is 0 Å². The van der Waals surface area contributed by atoms with Gasteiger partial charge in [-0.3, -0.25) is 9.89 Å². The Morgan fingerprint density at radius 3 is 3.16 bits per heavy atom. The van der Waals surface area contributed by atoms with Gasteiger partial charge in [0.2, 0.25) is 0 Å². The third-order valence-corrected chi connectivity index (χ3v) is 4.69. The van der Waals surface area contributed by atoms with E-state index in [0.29, 0.717) is 0 Å². The molecule has 2 atom stereocenters. The lowest BCUT2D eigenvalue weighted by Crippen LogP contribution is -2.56. The molecule has 2 heterocycles. The van der Waals surface area contributed by atoms with E-state index in [4.69, 9.17) is 5.73 Å². The highest BCUT2D eigenvalue weighted by molar-refractivity contribution is 8.02. The fraction of sp³-hybridized carbons (Fsp3) is 0.769. The number of rotatable bonds is 5. The number of nitrogens with one attached hydrogen (secondary N) is 2. The monoisotopic (exact) mass is 285 g/mol. The molecule has 108 valence electrons. The Morgan fingerprint density at radius 1 is 1.58 bits per heavy atom. The van der Waals surface area contributed by atoms with Gasteiger partial charge in [0.05, 0.1) is 25.4 Å². The van der Waals surface area contributed by atoms with Gasteiger partial charge in [-0.15, -0.1) is 11.8 Å². The van der Waals surface area contributed by atoms with Crippen LogP contribution in [0.1, 0.15) is 26.2 Å². The van der Waals surface area contributed by atoms with Crippen LogP contribution in [-0.4, -0.2) is 53.2 Å². The third-order valence-electron chi connectivity index (χ3n) is 3.62. The van der Waals surface area contributed by atoms with Gasteiger partial charge in [-0.25, -0.2) is 5.32 Å². The number of guanidine groups is 1. The van der Waals surface area contributed by atoms with Gasteiger partial charge in [0, 0.05) is 30.0 Å². The molecular weight excluding hydrogens is 260 g/mol. The Morgan fingerprint density at radius 2 is 2.42 bits per heavy atom. The smallest absolute Gasteiger partial charge is 0.350 e. The summed E-state index contributed by atoms with van der Waals surface area (Å²) >= 11 is 1.78. The SMILES string of the molecule is CCC(N)CS/C=C1\CC[N+]2=C(N1)NC(CO)CC2. The lowest BCUT2D eigenvalue weighted by molar-refractivity contribution is -0.539. The molecule has 6 heteroatoms. The van der Waals surface area contributed by atoms with Gasteiger partial charge in [-0.2, -0.15) is 0 Å². The van der Waals surface area contributed by atoms with Crippen LogP contribution in [0.2, 0.25) is 0 Å². The van der Waals surface area contributed by atoms with Gasteiger partial charge in [0.25, 0.3) is 0 Å². The first kappa shape index (κ1) is 14.7. The molecule has 0 spiro atoms. The summed E-state index contributed by atoms with van der Waals surface area (Å²) in [5, 5.41) is 18.2. The van der Waals surface area contributed by atoms with Gasteiger partial charge < -0.3 is 10.8 Å². The van der Waals surface area contributed by atoms with Crippen molar-refractivity contribution in [3.63, 3.8) is 0 Å². The molecule has 0 amide bonds. The number of hydrogen-bond acceptors (Lipinski definition) is 5. The van der Waals surface area contributed by atoms with Crippen molar-refractivity contribution < 1.29 is 9.68 Å². The fourth-order valence-corrected chi connectivity index (χ4v) is 3.16. The summed E-state index contributed by atoms with van der Waals surface area (Å²) in [6, 6.07) is 0.459. The quantitative estimate of drug-likeness (QED) is 0.536. The Bertz CT molecular complexity index is 370. The van der Waals surface area contributed by atoms with Gasteiger partial charge in [-0.05, 0) is 6.42 Å². The second-order valence-corrected chi connectivity index (χ2v) is 6.07. The predicted molar refractivity (Wildman–Crippen MR) is 80.2 cm³/mol. The largest absolute Gasteiger partial charge is 0.393 e. The van der Waals surface area contributed by atoms with Gasteiger partial charge in [0.15, 0.2) is 0 Å². The van der Waals surface area contributed by atoms with Crippen molar-refractivity contribution >= 4 is 17.7 Å². The molecule has 0 bridgehead atoms. The number of hydrogen-bond donors (Lipinski definition) is 4. The van der Waals surface area contributed by atoms with Crippen molar-refractivity contribution in [3.8, 4) is 0 Å². The molecule has 2 rings (SSSR count). The molecule has 2 aliphatic rings. The van der Waals surface area contributed by atoms with E-state index in [9.17, 15) is 5.11 Å². The molecule has 19 heavy (non-hydrogen) atoms. The van der Waals surface area contributed by atoms with Crippen LogP contribution in [0.15, 0.2) is 11.1 Å². The van der Waals surface area contributed by atoms with E-state index in [1.54, 1.807) is 11.8 Å². The Hall–Kier alpha value is -0.720. The maximum Gasteiger partial charge on any atom is 0.350 e. The number of thioether (sulfide) groups is 1. The summed E-state index contributed by atoms with van der Waals surface area (Å²) in [6.45, 7) is 4.37. The highest BCUT2D eigenvalue weighted by Crippen LogP contribution is 2.14. The first-order valence-corrected chi connectivity index (χ1v) is 8.10. The van der Waals surface area contributed by atoms with Crippen molar-refractivity contribution in [3.05, 3.63) is 11.1 Å². The average molecular weight is 285 g/mol. The second-order valence-electron chi connectivity index (χ2n) is 5.17. The predicted octanol–water partition coefficient (Wildman–Crippen LogP) is 0.0143. The highest BCUT2D eigenvalue weighted by atomic mass is 32.2. The summed E-state index contributed by atoms with van der Waals surface area (Å²) in [6.07, 6.45) is 3.07. The first-order chi connectivity index (χ1) is 9.22. The van der Waals surface area contributed by atoms with Gasteiger partial charge in [0.1, 0.15) is 6.04 Å². The number of nitrogens with two attached hydrogens (primary N) is 1. The van der Waals surface area contributed by atoms with E-state index < -0.39 is 0 Å². The van der Waals surface area contributed by atoms with Crippen LogP contribution in [-0.2, 0) is 0 Å². The summed E-state index contributed by atoms with van der Waals surface area (Å²) < 4.78 is 2.31. The maximum absolute atomic E-state index is 9.22. The average Bonchev–Trinajstić information content (AvgIpc) is 2.46. The van der Waals surface area contributed by atoms with Crippen LogP contribution in [0.3, 0.4) is 0 Å². The highest BCUT2D eigenvalue weighted by Gasteiger charge is 2.28. The van der Waals surface area contributed by atoms with Gasteiger partial charge in [-0.1, -0.05) is 6.92 Å². The minimum absolute atomic E-state index is 0.180.